The van der Waals surface area contributed by atoms with Crippen LogP contribution in [-0.2, 0) is 0 Å². The number of nitrogens with two attached hydrogens (primary N) is 1. The van der Waals surface area contributed by atoms with Gasteiger partial charge in [-0.3, -0.25) is 0 Å². The molecule has 1 aliphatic rings. The molecule has 0 saturated heterocycles. The molecule has 0 spiro atoms. The van der Waals surface area contributed by atoms with Gasteiger partial charge in [0.05, 0.1) is 0 Å². The Morgan fingerprint density at radius 1 is 1.26 bits per heavy atom. The Labute approximate surface area is 113 Å². The van der Waals surface area contributed by atoms with Gasteiger partial charge in [0.15, 0.2) is 5.58 Å². The number of oxazole rings is 1. The third-order valence-electron chi connectivity index (χ3n) is 4.00. The van der Waals surface area contributed by atoms with Crippen LogP contribution in [0.2, 0.25) is 0 Å². The average Bonchev–Trinajstić information content (AvgIpc) is 2.65. The number of nitrogens with one attached hydrogen (secondary N) is 1. The fraction of sp³-hybridized carbons (Fsp3) is 0.533. The fourth-order valence-electron chi connectivity index (χ4n) is 2.81. The minimum atomic E-state index is 0.482. The molecule has 19 heavy (non-hydrogen) atoms. The molecule has 1 fully saturated rings. The maximum absolute atomic E-state index is 5.75. The molecule has 4 nitrogen and oxygen atoms in total. The highest BCUT2D eigenvalue weighted by molar-refractivity contribution is 5.78. The number of aromatic nitrogens is 1. The van der Waals surface area contributed by atoms with Crippen LogP contribution >= 0.6 is 0 Å². The molecule has 2 atom stereocenters. The Hall–Kier alpha value is -1.71. The summed E-state index contributed by atoms with van der Waals surface area (Å²) in [7, 11) is 0. The van der Waals surface area contributed by atoms with E-state index in [4.69, 9.17) is 10.2 Å². The lowest BCUT2D eigenvalue weighted by Crippen LogP contribution is -2.18. The fourth-order valence-corrected chi connectivity index (χ4v) is 2.81. The van der Waals surface area contributed by atoms with Crippen molar-refractivity contribution >= 4 is 22.8 Å². The van der Waals surface area contributed by atoms with E-state index in [0.29, 0.717) is 17.7 Å². The SMILES string of the molecule is CC1CCCC(Nc2nc3ccc(N)cc3o2)CC1. The first-order valence-electron chi connectivity index (χ1n) is 7.13. The van der Waals surface area contributed by atoms with Gasteiger partial charge in [-0.05, 0) is 37.3 Å². The van der Waals surface area contributed by atoms with Gasteiger partial charge in [0, 0.05) is 17.8 Å². The lowest BCUT2D eigenvalue weighted by molar-refractivity contribution is 0.499. The van der Waals surface area contributed by atoms with Gasteiger partial charge in [0.25, 0.3) is 6.01 Å². The molecule has 1 aromatic heterocycles. The number of nitrogens with zero attached hydrogens (tertiary/aromatic N) is 1. The molecule has 3 N–H and O–H groups in total. The molecular formula is C15H21N3O. The third kappa shape index (κ3) is 2.83. The Kier molecular flexibility index (Phi) is 3.32. The lowest BCUT2D eigenvalue weighted by atomic mass is 10.0. The van der Waals surface area contributed by atoms with E-state index in [0.717, 1.165) is 17.0 Å². The van der Waals surface area contributed by atoms with Crippen molar-refractivity contribution in [3.05, 3.63) is 18.2 Å². The predicted octanol–water partition coefficient (Wildman–Crippen LogP) is 3.79. The van der Waals surface area contributed by atoms with Crippen molar-refractivity contribution in [2.45, 2.75) is 45.1 Å². The van der Waals surface area contributed by atoms with E-state index >= 15 is 0 Å². The number of rotatable bonds is 2. The van der Waals surface area contributed by atoms with Crippen LogP contribution in [0.5, 0.6) is 0 Å². The number of hydrogen-bond donors (Lipinski definition) is 2. The summed E-state index contributed by atoms with van der Waals surface area (Å²) in [5.41, 5.74) is 8.07. The van der Waals surface area contributed by atoms with Gasteiger partial charge < -0.3 is 15.5 Å². The van der Waals surface area contributed by atoms with Gasteiger partial charge in [-0.1, -0.05) is 19.8 Å². The largest absolute Gasteiger partial charge is 0.423 e. The van der Waals surface area contributed by atoms with Crippen molar-refractivity contribution in [1.82, 2.24) is 4.98 Å². The first-order chi connectivity index (χ1) is 9.20. The number of hydrogen-bond acceptors (Lipinski definition) is 4. The van der Waals surface area contributed by atoms with E-state index in [1.807, 2.05) is 18.2 Å². The Morgan fingerprint density at radius 2 is 2.16 bits per heavy atom. The summed E-state index contributed by atoms with van der Waals surface area (Å²) in [6, 6.07) is 6.68. The predicted molar refractivity (Wildman–Crippen MR) is 78.1 cm³/mol. The summed E-state index contributed by atoms with van der Waals surface area (Å²) in [6.45, 7) is 2.34. The van der Waals surface area contributed by atoms with Crippen molar-refractivity contribution in [3.63, 3.8) is 0 Å². The van der Waals surface area contributed by atoms with E-state index in [1.165, 1.54) is 32.1 Å². The van der Waals surface area contributed by atoms with E-state index in [2.05, 4.69) is 17.2 Å². The molecule has 0 radical (unpaired) electrons. The van der Waals surface area contributed by atoms with Crippen LogP contribution < -0.4 is 11.1 Å². The van der Waals surface area contributed by atoms with Gasteiger partial charge in [0.2, 0.25) is 0 Å². The summed E-state index contributed by atoms with van der Waals surface area (Å²) in [4.78, 5) is 4.46. The number of anilines is 2. The van der Waals surface area contributed by atoms with Crippen molar-refractivity contribution in [2.24, 2.45) is 5.92 Å². The van der Waals surface area contributed by atoms with Crippen molar-refractivity contribution in [1.29, 1.82) is 0 Å². The van der Waals surface area contributed by atoms with Gasteiger partial charge in [0.1, 0.15) is 5.52 Å². The second-order valence-corrected chi connectivity index (χ2v) is 5.70. The van der Waals surface area contributed by atoms with E-state index in [9.17, 15) is 0 Å². The zero-order chi connectivity index (χ0) is 13.2. The standard InChI is InChI=1S/C15H21N3O/c1-10-3-2-4-12(7-5-10)17-15-18-13-8-6-11(16)9-14(13)19-15/h6,8-10,12H,2-5,7,16H2,1H3,(H,17,18). The molecule has 2 unspecified atom stereocenters. The molecule has 0 amide bonds. The zero-order valence-electron chi connectivity index (χ0n) is 11.4. The highest BCUT2D eigenvalue weighted by Gasteiger charge is 2.17. The molecule has 102 valence electrons. The molecule has 1 aliphatic carbocycles. The molecule has 4 heteroatoms. The number of benzene rings is 1. The summed E-state index contributed by atoms with van der Waals surface area (Å²) in [5.74, 6) is 0.843. The summed E-state index contributed by atoms with van der Waals surface area (Å²) >= 11 is 0. The Bertz CT molecular complexity index is 564. The Morgan fingerprint density at radius 3 is 3.05 bits per heavy atom. The third-order valence-corrected chi connectivity index (χ3v) is 4.00. The molecule has 1 heterocycles. The number of nitrogen functional groups attached to an aromatic ring is 1. The molecular weight excluding hydrogens is 238 g/mol. The normalized spacial score (nSPS) is 24.3. The van der Waals surface area contributed by atoms with Gasteiger partial charge >= 0.3 is 0 Å². The van der Waals surface area contributed by atoms with Crippen LogP contribution in [0.15, 0.2) is 22.6 Å². The second kappa shape index (κ2) is 5.11. The van der Waals surface area contributed by atoms with Gasteiger partial charge in [-0.15, -0.1) is 0 Å². The second-order valence-electron chi connectivity index (χ2n) is 5.70. The maximum Gasteiger partial charge on any atom is 0.295 e. The first-order valence-corrected chi connectivity index (χ1v) is 7.13. The Balaban J connectivity index is 1.73. The minimum absolute atomic E-state index is 0.482. The summed E-state index contributed by atoms with van der Waals surface area (Å²) in [6.07, 6.45) is 6.30. The highest BCUT2D eigenvalue weighted by atomic mass is 16.4. The summed E-state index contributed by atoms with van der Waals surface area (Å²) < 4.78 is 5.72. The van der Waals surface area contributed by atoms with Crippen LogP contribution in [0.4, 0.5) is 11.7 Å². The zero-order valence-corrected chi connectivity index (χ0v) is 11.4. The smallest absolute Gasteiger partial charge is 0.295 e. The van der Waals surface area contributed by atoms with E-state index in [-0.39, 0.29) is 0 Å². The van der Waals surface area contributed by atoms with Crippen LogP contribution in [0, 0.1) is 5.92 Å². The van der Waals surface area contributed by atoms with E-state index in [1.54, 1.807) is 0 Å². The van der Waals surface area contributed by atoms with Crippen LogP contribution in [0.3, 0.4) is 0 Å². The molecule has 1 saturated carbocycles. The van der Waals surface area contributed by atoms with Gasteiger partial charge in [-0.25, -0.2) is 0 Å². The van der Waals surface area contributed by atoms with E-state index < -0.39 is 0 Å². The maximum atomic E-state index is 5.75. The monoisotopic (exact) mass is 259 g/mol. The van der Waals surface area contributed by atoms with Crippen LogP contribution in [0.25, 0.3) is 11.1 Å². The molecule has 0 bridgehead atoms. The van der Waals surface area contributed by atoms with Crippen molar-refractivity contribution < 1.29 is 4.42 Å². The van der Waals surface area contributed by atoms with Gasteiger partial charge in [-0.2, -0.15) is 4.98 Å². The minimum Gasteiger partial charge on any atom is -0.423 e. The van der Waals surface area contributed by atoms with Crippen LogP contribution in [0.1, 0.15) is 39.0 Å². The molecule has 3 rings (SSSR count). The topological polar surface area (TPSA) is 64.1 Å². The molecule has 1 aromatic carbocycles. The first kappa shape index (κ1) is 12.3. The lowest BCUT2D eigenvalue weighted by Gasteiger charge is -2.14. The van der Waals surface area contributed by atoms with Crippen molar-refractivity contribution in [3.8, 4) is 0 Å². The highest BCUT2D eigenvalue weighted by Crippen LogP contribution is 2.26. The number of fused-ring (bicyclic) bond motifs is 1. The molecule has 2 aromatic rings. The molecule has 0 aliphatic heterocycles. The quantitative estimate of drug-likeness (QED) is 0.636. The average molecular weight is 259 g/mol. The summed E-state index contributed by atoms with van der Waals surface area (Å²) in [5, 5.41) is 3.43. The van der Waals surface area contributed by atoms with Crippen LogP contribution in [-0.4, -0.2) is 11.0 Å². The van der Waals surface area contributed by atoms with Crippen molar-refractivity contribution in [2.75, 3.05) is 11.1 Å².